The Morgan fingerprint density at radius 2 is 2.23 bits per heavy atom. The number of hydrogen-bond donors (Lipinski definition) is 2. The number of halogens is 1. The first-order chi connectivity index (χ1) is 12.5. The maximum Gasteiger partial charge on any atom is 0.274 e. The van der Waals surface area contributed by atoms with E-state index in [1.807, 2.05) is 6.07 Å². The van der Waals surface area contributed by atoms with Crippen LogP contribution in [0.15, 0.2) is 35.5 Å². The molecule has 6 nitrogen and oxygen atoms in total. The highest BCUT2D eigenvalue weighted by atomic mass is 19.1. The van der Waals surface area contributed by atoms with E-state index < -0.39 is 5.91 Å². The summed E-state index contributed by atoms with van der Waals surface area (Å²) < 4.78 is 14.2. The van der Waals surface area contributed by atoms with Crippen molar-refractivity contribution in [2.45, 2.75) is 32.2 Å². The number of rotatable bonds is 3. The van der Waals surface area contributed by atoms with Crippen LogP contribution in [-0.4, -0.2) is 16.7 Å². The number of aliphatic imine (C=N–C) groups is 1. The van der Waals surface area contributed by atoms with Gasteiger partial charge in [0, 0.05) is 23.9 Å². The number of carbonyl (C=O) groups is 1. The quantitative estimate of drug-likeness (QED) is 0.885. The smallest absolute Gasteiger partial charge is 0.274 e. The average molecular weight is 351 g/mol. The van der Waals surface area contributed by atoms with E-state index in [0.29, 0.717) is 34.6 Å². The van der Waals surface area contributed by atoms with E-state index in [1.54, 1.807) is 19.1 Å². The molecule has 7 heteroatoms. The van der Waals surface area contributed by atoms with E-state index in [1.165, 1.54) is 18.3 Å². The number of aromatic nitrogens is 1. The van der Waals surface area contributed by atoms with Gasteiger partial charge in [-0.1, -0.05) is 0 Å². The van der Waals surface area contributed by atoms with Crippen LogP contribution in [0, 0.1) is 24.1 Å². The van der Waals surface area contributed by atoms with Crippen molar-refractivity contribution in [2.24, 2.45) is 10.7 Å². The summed E-state index contributed by atoms with van der Waals surface area (Å²) >= 11 is 0. The molecule has 0 bridgehead atoms. The average Bonchev–Trinajstić information content (AvgIpc) is 2.63. The molecule has 0 aliphatic carbocycles. The van der Waals surface area contributed by atoms with Crippen LogP contribution in [0.2, 0.25) is 0 Å². The molecule has 1 aromatic heterocycles. The Morgan fingerprint density at radius 3 is 2.92 bits per heavy atom. The number of nitrogens with two attached hydrogens (primary N) is 1. The number of benzene rings is 1. The fraction of sp³-hybridized carbons (Fsp3) is 0.263. The Labute approximate surface area is 150 Å². The zero-order chi connectivity index (χ0) is 18.7. The van der Waals surface area contributed by atoms with Crippen molar-refractivity contribution in [3.05, 3.63) is 58.7 Å². The second-order valence-corrected chi connectivity index (χ2v) is 6.22. The SMILES string of the molecule is Cc1cc(C#N)cnc1C(=O)Nc1ccc(F)c(C2CCCC(N)=N2)c1. The van der Waals surface area contributed by atoms with Crippen molar-refractivity contribution in [2.75, 3.05) is 5.32 Å². The van der Waals surface area contributed by atoms with Crippen LogP contribution in [0.3, 0.4) is 0 Å². The van der Waals surface area contributed by atoms with Gasteiger partial charge in [0.05, 0.1) is 17.4 Å². The molecule has 1 unspecified atom stereocenters. The molecule has 1 aromatic carbocycles. The van der Waals surface area contributed by atoms with E-state index in [0.717, 1.165) is 12.8 Å². The van der Waals surface area contributed by atoms with Crippen molar-refractivity contribution in [3.8, 4) is 6.07 Å². The molecule has 2 aromatic rings. The molecule has 0 fully saturated rings. The molecule has 0 spiro atoms. The van der Waals surface area contributed by atoms with Crippen molar-refractivity contribution in [3.63, 3.8) is 0 Å². The molecule has 1 atom stereocenters. The predicted molar refractivity (Wildman–Crippen MR) is 96.3 cm³/mol. The van der Waals surface area contributed by atoms with Gasteiger partial charge < -0.3 is 11.1 Å². The number of amides is 1. The summed E-state index contributed by atoms with van der Waals surface area (Å²) in [6.45, 7) is 1.71. The van der Waals surface area contributed by atoms with Gasteiger partial charge >= 0.3 is 0 Å². The number of amidine groups is 1. The molecule has 26 heavy (non-hydrogen) atoms. The van der Waals surface area contributed by atoms with Gasteiger partial charge in [-0.15, -0.1) is 0 Å². The van der Waals surface area contributed by atoms with Crippen LogP contribution in [0.5, 0.6) is 0 Å². The lowest BCUT2D eigenvalue weighted by molar-refractivity contribution is 0.102. The monoisotopic (exact) mass is 351 g/mol. The standard InChI is InChI=1S/C19H18FN5O/c1-11-7-12(9-21)10-23-18(11)19(26)24-13-5-6-15(20)14(8-13)16-3-2-4-17(22)25-16/h5-8,10,16H,2-4H2,1H3,(H2,22,25)(H,24,26). The molecule has 0 saturated heterocycles. The molecule has 132 valence electrons. The molecule has 1 amide bonds. The van der Waals surface area contributed by atoms with Gasteiger partial charge in [0.2, 0.25) is 0 Å². The minimum Gasteiger partial charge on any atom is -0.387 e. The summed E-state index contributed by atoms with van der Waals surface area (Å²) in [5.74, 6) is -0.275. The van der Waals surface area contributed by atoms with Gasteiger partial charge in [-0.05, 0) is 49.6 Å². The third kappa shape index (κ3) is 3.70. The Bertz CT molecular complexity index is 932. The number of aryl methyl sites for hydroxylation is 1. The fourth-order valence-electron chi connectivity index (χ4n) is 2.97. The second kappa shape index (κ2) is 7.31. The summed E-state index contributed by atoms with van der Waals surface area (Å²) in [6.07, 6.45) is 3.63. The van der Waals surface area contributed by atoms with Gasteiger partial charge in [-0.2, -0.15) is 5.26 Å². The summed E-state index contributed by atoms with van der Waals surface area (Å²) in [7, 11) is 0. The predicted octanol–water partition coefficient (Wildman–Crippen LogP) is 3.24. The number of anilines is 1. The minimum atomic E-state index is -0.420. The van der Waals surface area contributed by atoms with E-state index in [-0.39, 0.29) is 17.6 Å². The topological polar surface area (TPSA) is 104 Å². The molecule has 1 aliphatic heterocycles. The molecular formula is C19H18FN5O. The van der Waals surface area contributed by atoms with Gasteiger partial charge in [-0.3, -0.25) is 9.79 Å². The van der Waals surface area contributed by atoms with Crippen molar-refractivity contribution >= 4 is 17.4 Å². The molecule has 3 N–H and O–H groups in total. The zero-order valence-electron chi connectivity index (χ0n) is 14.3. The van der Waals surface area contributed by atoms with Crippen molar-refractivity contribution < 1.29 is 9.18 Å². The van der Waals surface area contributed by atoms with E-state index in [4.69, 9.17) is 11.0 Å². The number of nitriles is 1. The lowest BCUT2D eigenvalue weighted by atomic mass is 9.97. The van der Waals surface area contributed by atoms with Crippen molar-refractivity contribution in [1.29, 1.82) is 5.26 Å². The largest absolute Gasteiger partial charge is 0.387 e. The highest BCUT2D eigenvalue weighted by molar-refractivity contribution is 6.03. The van der Waals surface area contributed by atoms with Gasteiger partial charge in [-0.25, -0.2) is 9.37 Å². The first kappa shape index (κ1) is 17.5. The Hall–Kier alpha value is -3.27. The molecule has 0 saturated carbocycles. The third-order valence-corrected chi connectivity index (χ3v) is 4.27. The van der Waals surface area contributed by atoms with E-state index in [2.05, 4.69) is 15.3 Å². The number of nitrogens with one attached hydrogen (secondary N) is 1. The van der Waals surface area contributed by atoms with Crippen LogP contribution >= 0.6 is 0 Å². The maximum atomic E-state index is 14.2. The highest BCUT2D eigenvalue weighted by Gasteiger charge is 2.20. The normalized spacial score (nSPS) is 16.5. The lowest BCUT2D eigenvalue weighted by Gasteiger charge is -2.20. The Balaban J connectivity index is 1.84. The third-order valence-electron chi connectivity index (χ3n) is 4.27. The minimum absolute atomic E-state index is 0.217. The number of pyridine rings is 1. The summed E-state index contributed by atoms with van der Waals surface area (Å²) in [6, 6.07) is 7.62. The first-order valence-electron chi connectivity index (χ1n) is 8.27. The highest BCUT2D eigenvalue weighted by Crippen LogP contribution is 2.31. The number of carbonyl (C=O) groups excluding carboxylic acids is 1. The molecule has 1 aliphatic rings. The Kier molecular flexibility index (Phi) is 4.94. The summed E-state index contributed by atoms with van der Waals surface area (Å²) in [5, 5.41) is 11.6. The lowest BCUT2D eigenvalue weighted by Crippen LogP contribution is -2.19. The van der Waals surface area contributed by atoms with Crippen LogP contribution in [0.1, 0.15) is 52.5 Å². The van der Waals surface area contributed by atoms with Gasteiger partial charge in [0.25, 0.3) is 5.91 Å². The van der Waals surface area contributed by atoms with Crippen LogP contribution in [0.25, 0.3) is 0 Å². The van der Waals surface area contributed by atoms with Gasteiger partial charge in [0.1, 0.15) is 17.6 Å². The molecule has 0 radical (unpaired) electrons. The van der Waals surface area contributed by atoms with Crippen molar-refractivity contribution in [1.82, 2.24) is 4.98 Å². The zero-order valence-corrected chi connectivity index (χ0v) is 14.3. The second-order valence-electron chi connectivity index (χ2n) is 6.22. The molecule has 2 heterocycles. The van der Waals surface area contributed by atoms with E-state index in [9.17, 15) is 9.18 Å². The summed E-state index contributed by atoms with van der Waals surface area (Å²) in [5.41, 5.74) is 7.83. The Morgan fingerprint density at radius 1 is 1.42 bits per heavy atom. The number of nitrogens with zero attached hydrogens (tertiary/aromatic N) is 3. The van der Waals surface area contributed by atoms with E-state index >= 15 is 0 Å². The molecule has 3 rings (SSSR count). The van der Waals surface area contributed by atoms with Crippen LogP contribution in [0.4, 0.5) is 10.1 Å². The maximum absolute atomic E-state index is 14.2. The van der Waals surface area contributed by atoms with Crippen LogP contribution < -0.4 is 11.1 Å². The van der Waals surface area contributed by atoms with Gasteiger partial charge in [0.15, 0.2) is 0 Å². The summed E-state index contributed by atoms with van der Waals surface area (Å²) in [4.78, 5) is 20.8. The number of hydrogen-bond acceptors (Lipinski definition) is 5. The first-order valence-corrected chi connectivity index (χ1v) is 8.27. The fourth-order valence-corrected chi connectivity index (χ4v) is 2.97. The van der Waals surface area contributed by atoms with Crippen LogP contribution in [-0.2, 0) is 0 Å². The molecular weight excluding hydrogens is 333 g/mol.